The molecule has 1 heterocycles. The zero-order valence-corrected chi connectivity index (χ0v) is 11.4. The van der Waals surface area contributed by atoms with Gasteiger partial charge in [0.2, 0.25) is 0 Å². The molecule has 0 saturated carbocycles. The van der Waals surface area contributed by atoms with Crippen LogP contribution in [0, 0.1) is 6.92 Å². The molecule has 0 unspecified atom stereocenters. The quantitative estimate of drug-likeness (QED) is 0.598. The number of carbonyl (C=O) groups is 1. The Morgan fingerprint density at radius 2 is 2.22 bits per heavy atom. The Morgan fingerprint density at radius 3 is 2.78 bits per heavy atom. The number of carbonyl (C=O) groups excluding carboxylic acids is 1. The van der Waals surface area contributed by atoms with Crippen LogP contribution in [0.2, 0.25) is 0 Å². The van der Waals surface area contributed by atoms with E-state index in [1.54, 1.807) is 12.3 Å². The SMILES string of the molecule is CCCCN(CC)C(=O)c1cnc(C)cc1NN. The lowest BCUT2D eigenvalue weighted by Gasteiger charge is -2.21. The fourth-order valence-electron chi connectivity index (χ4n) is 1.77. The van der Waals surface area contributed by atoms with E-state index < -0.39 is 0 Å². The van der Waals surface area contributed by atoms with Crippen LogP contribution in [0.3, 0.4) is 0 Å². The molecule has 0 bridgehead atoms. The van der Waals surface area contributed by atoms with Crippen LogP contribution in [-0.4, -0.2) is 28.9 Å². The summed E-state index contributed by atoms with van der Waals surface area (Å²) in [4.78, 5) is 18.3. The first kappa shape index (κ1) is 14.4. The van der Waals surface area contributed by atoms with Gasteiger partial charge in [0, 0.05) is 25.0 Å². The van der Waals surface area contributed by atoms with Gasteiger partial charge in [-0.25, -0.2) is 0 Å². The van der Waals surface area contributed by atoms with Crippen LogP contribution in [0.5, 0.6) is 0 Å². The van der Waals surface area contributed by atoms with Crippen molar-refractivity contribution >= 4 is 11.6 Å². The monoisotopic (exact) mass is 250 g/mol. The minimum Gasteiger partial charge on any atom is -0.339 e. The predicted octanol–water partition coefficient (Wildman–Crippen LogP) is 1.94. The van der Waals surface area contributed by atoms with Crippen LogP contribution < -0.4 is 11.3 Å². The molecule has 1 aromatic rings. The smallest absolute Gasteiger partial charge is 0.257 e. The van der Waals surface area contributed by atoms with Crippen LogP contribution in [0.1, 0.15) is 42.7 Å². The molecule has 0 fully saturated rings. The number of hydrogen-bond acceptors (Lipinski definition) is 4. The Labute approximate surface area is 108 Å². The number of rotatable bonds is 6. The first-order chi connectivity index (χ1) is 8.63. The Balaban J connectivity index is 2.93. The highest BCUT2D eigenvalue weighted by molar-refractivity contribution is 5.99. The van der Waals surface area contributed by atoms with Crippen molar-refractivity contribution in [2.75, 3.05) is 18.5 Å². The van der Waals surface area contributed by atoms with Gasteiger partial charge < -0.3 is 10.3 Å². The lowest BCUT2D eigenvalue weighted by molar-refractivity contribution is 0.0763. The van der Waals surface area contributed by atoms with Crippen LogP contribution in [0.15, 0.2) is 12.3 Å². The van der Waals surface area contributed by atoms with E-state index in [9.17, 15) is 4.79 Å². The van der Waals surface area contributed by atoms with E-state index in [1.807, 2.05) is 18.7 Å². The molecule has 100 valence electrons. The lowest BCUT2D eigenvalue weighted by Crippen LogP contribution is -2.32. The lowest BCUT2D eigenvalue weighted by atomic mass is 10.1. The minimum absolute atomic E-state index is 0.0219. The molecule has 0 aliphatic carbocycles. The van der Waals surface area contributed by atoms with Crippen molar-refractivity contribution in [1.82, 2.24) is 9.88 Å². The number of aryl methyl sites for hydroxylation is 1. The summed E-state index contributed by atoms with van der Waals surface area (Å²) in [7, 11) is 0. The number of nitrogen functional groups attached to an aromatic ring is 1. The van der Waals surface area contributed by atoms with Crippen molar-refractivity contribution in [3.8, 4) is 0 Å². The van der Waals surface area contributed by atoms with Gasteiger partial charge >= 0.3 is 0 Å². The van der Waals surface area contributed by atoms with E-state index >= 15 is 0 Å². The Bertz CT molecular complexity index is 406. The van der Waals surface area contributed by atoms with E-state index in [2.05, 4.69) is 17.3 Å². The average Bonchev–Trinajstić information content (AvgIpc) is 2.39. The summed E-state index contributed by atoms with van der Waals surface area (Å²) in [5.74, 6) is 5.43. The Morgan fingerprint density at radius 1 is 1.50 bits per heavy atom. The standard InChI is InChI=1S/C13H22N4O/c1-4-6-7-17(5-2)13(18)11-9-15-10(3)8-12(11)16-14/h8-9H,4-7,14H2,1-3H3,(H,15,16). The number of nitrogens with one attached hydrogen (secondary N) is 1. The normalized spacial score (nSPS) is 10.2. The Hall–Kier alpha value is -1.62. The van der Waals surface area contributed by atoms with Gasteiger partial charge in [0.1, 0.15) is 0 Å². The third-order valence-corrected chi connectivity index (χ3v) is 2.88. The molecule has 0 radical (unpaired) electrons. The van der Waals surface area contributed by atoms with E-state index in [4.69, 9.17) is 5.84 Å². The first-order valence-corrected chi connectivity index (χ1v) is 6.36. The number of hydrazine groups is 1. The molecule has 0 aromatic carbocycles. The first-order valence-electron chi connectivity index (χ1n) is 6.36. The maximum absolute atomic E-state index is 12.4. The predicted molar refractivity (Wildman–Crippen MR) is 73.3 cm³/mol. The summed E-state index contributed by atoms with van der Waals surface area (Å²) < 4.78 is 0. The summed E-state index contributed by atoms with van der Waals surface area (Å²) in [6, 6.07) is 1.78. The molecule has 1 amide bonds. The summed E-state index contributed by atoms with van der Waals surface area (Å²) in [6.45, 7) is 7.41. The Kier molecular flexibility index (Phi) is 5.58. The second kappa shape index (κ2) is 6.96. The molecule has 0 aliphatic heterocycles. The van der Waals surface area contributed by atoms with Crippen molar-refractivity contribution in [3.05, 3.63) is 23.5 Å². The topological polar surface area (TPSA) is 71.2 Å². The van der Waals surface area contributed by atoms with Crippen molar-refractivity contribution in [2.45, 2.75) is 33.6 Å². The van der Waals surface area contributed by atoms with E-state index in [1.165, 1.54) is 0 Å². The number of hydrogen-bond donors (Lipinski definition) is 2. The zero-order valence-electron chi connectivity index (χ0n) is 11.4. The van der Waals surface area contributed by atoms with Crippen molar-refractivity contribution in [1.29, 1.82) is 0 Å². The maximum atomic E-state index is 12.4. The van der Waals surface area contributed by atoms with Crippen molar-refractivity contribution in [2.24, 2.45) is 5.84 Å². The van der Waals surface area contributed by atoms with Crippen LogP contribution in [0.25, 0.3) is 0 Å². The van der Waals surface area contributed by atoms with Crippen molar-refractivity contribution < 1.29 is 4.79 Å². The molecular weight excluding hydrogens is 228 g/mol. The van der Waals surface area contributed by atoms with Gasteiger partial charge in [0.15, 0.2) is 0 Å². The number of nitrogens with zero attached hydrogens (tertiary/aromatic N) is 2. The maximum Gasteiger partial charge on any atom is 0.257 e. The summed E-state index contributed by atoms with van der Waals surface area (Å²) >= 11 is 0. The molecule has 18 heavy (non-hydrogen) atoms. The number of unbranched alkanes of at least 4 members (excludes halogenated alkanes) is 1. The molecule has 1 aromatic heterocycles. The molecule has 0 atom stereocenters. The molecule has 1 rings (SSSR count). The number of amides is 1. The largest absolute Gasteiger partial charge is 0.339 e. The summed E-state index contributed by atoms with van der Waals surface area (Å²) in [6.07, 6.45) is 3.66. The number of pyridine rings is 1. The van der Waals surface area contributed by atoms with Crippen LogP contribution in [-0.2, 0) is 0 Å². The third kappa shape index (κ3) is 3.43. The fraction of sp³-hybridized carbons (Fsp3) is 0.538. The second-order valence-electron chi connectivity index (χ2n) is 4.25. The molecule has 0 spiro atoms. The molecule has 5 heteroatoms. The van der Waals surface area contributed by atoms with E-state index in [-0.39, 0.29) is 5.91 Å². The van der Waals surface area contributed by atoms with Gasteiger partial charge in [-0.2, -0.15) is 0 Å². The average molecular weight is 250 g/mol. The summed E-state index contributed by atoms with van der Waals surface area (Å²) in [5.41, 5.74) is 4.55. The zero-order chi connectivity index (χ0) is 13.5. The molecule has 3 N–H and O–H groups in total. The highest BCUT2D eigenvalue weighted by Crippen LogP contribution is 2.17. The summed E-state index contributed by atoms with van der Waals surface area (Å²) in [5, 5.41) is 0. The van der Waals surface area contributed by atoms with E-state index in [0.717, 1.165) is 25.1 Å². The van der Waals surface area contributed by atoms with Gasteiger partial charge in [0.25, 0.3) is 5.91 Å². The van der Waals surface area contributed by atoms with Gasteiger partial charge in [-0.3, -0.25) is 15.6 Å². The van der Waals surface area contributed by atoms with E-state index in [0.29, 0.717) is 17.8 Å². The molecule has 5 nitrogen and oxygen atoms in total. The molecular formula is C13H22N4O. The van der Waals surface area contributed by atoms with Gasteiger partial charge in [-0.1, -0.05) is 13.3 Å². The minimum atomic E-state index is -0.0219. The highest BCUT2D eigenvalue weighted by Gasteiger charge is 2.17. The number of aromatic nitrogens is 1. The number of anilines is 1. The van der Waals surface area contributed by atoms with Crippen LogP contribution >= 0.6 is 0 Å². The molecule has 0 saturated heterocycles. The fourth-order valence-corrected chi connectivity index (χ4v) is 1.77. The third-order valence-electron chi connectivity index (χ3n) is 2.88. The van der Waals surface area contributed by atoms with Crippen molar-refractivity contribution in [3.63, 3.8) is 0 Å². The number of nitrogens with two attached hydrogens (primary N) is 1. The van der Waals surface area contributed by atoms with Gasteiger partial charge in [-0.15, -0.1) is 0 Å². The van der Waals surface area contributed by atoms with Gasteiger partial charge in [0.05, 0.1) is 11.3 Å². The second-order valence-corrected chi connectivity index (χ2v) is 4.25. The van der Waals surface area contributed by atoms with Crippen LogP contribution in [0.4, 0.5) is 5.69 Å². The highest BCUT2D eigenvalue weighted by atomic mass is 16.2. The van der Waals surface area contributed by atoms with Gasteiger partial charge in [-0.05, 0) is 26.3 Å². The molecule has 0 aliphatic rings.